The molecule has 1 unspecified atom stereocenters. The summed E-state index contributed by atoms with van der Waals surface area (Å²) in [4.78, 5) is 11.1. The van der Waals surface area contributed by atoms with Crippen molar-refractivity contribution in [3.63, 3.8) is 0 Å². The smallest absolute Gasteiger partial charge is 0.356 e. The number of nitrogens with two attached hydrogens (primary N) is 1. The number of nitrogens with one attached hydrogen (secondary N) is 1. The Bertz CT molecular complexity index is 379. The molecule has 1 aromatic carbocycles. The van der Waals surface area contributed by atoms with Crippen LogP contribution in [0.15, 0.2) is 30.3 Å². The number of carbonyl (C=O) groups excluding carboxylic acids is 1. The lowest BCUT2D eigenvalue weighted by molar-refractivity contribution is 0.187. The highest BCUT2D eigenvalue weighted by atomic mass is 16.5. The Morgan fingerprint density at radius 2 is 2.13 bits per heavy atom. The summed E-state index contributed by atoms with van der Waals surface area (Å²) < 4.78 is 4.49. The molecule has 4 heteroatoms. The van der Waals surface area contributed by atoms with Crippen molar-refractivity contribution in [3.8, 4) is 12.0 Å². The lowest BCUT2D eigenvalue weighted by Gasteiger charge is -2.11. The van der Waals surface area contributed by atoms with Crippen molar-refractivity contribution in [2.75, 3.05) is 0 Å². The summed E-state index contributed by atoms with van der Waals surface area (Å²) in [5, 5.41) is 2.45. The van der Waals surface area contributed by atoms with Crippen LogP contribution in [0.4, 0.5) is 4.79 Å². The molecule has 15 heavy (non-hydrogen) atoms. The van der Waals surface area contributed by atoms with E-state index in [9.17, 15) is 4.79 Å². The Hall–Kier alpha value is -1.99. The van der Waals surface area contributed by atoms with Crippen LogP contribution in [0.1, 0.15) is 18.7 Å². The fraction of sp³-hybridized carbons (Fsp3) is 0.182. The molecular formula is C11H12N2O2. The minimum atomic E-state index is -0.652. The summed E-state index contributed by atoms with van der Waals surface area (Å²) in [6.45, 7) is 1.57. The topological polar surface area (TPSA) is 64.3 Å². The zero-order valence-electron chi connectivity index (χ0n) is 8.36. The largest absolute Gasteiger partial charge is 0.422 e. The van der Waals surface area contributed by atoms with E-state index in [1.54, 1.807) is 6.92 Å². The summed E-state index contributed by atoms with van der Waals surface area (Å²) in [6, 6.07) is 9.19. The van der Waals surface area contributed by atoms with E-state index in [4.69, 9.17) is 5.73 Å². The van der Waals surface area contributed by atoms with Gasteiger partial charge in [0.05, 0.1) is 0 Å². The minimum absolute atomic E-state index is 0.586. The maximum atomic E-state index is 11.1. The van der Waals surface area contributed by atoms with Crippen molar-refractivity contribution in [2.45, 2.75) is 13.1 Å². The van der Waals surface area contributed by atoms with Crippen LogP contribution in [0, 0.1) is 12.0 Å². The quantitative estimate of drug-likeness (QED) is 0.564. The predicted octanol–water partition coefficient (Wildman–Crippen LogP) is 1.35. The third-order valence-electron chi connectivity index (χ3n) is 1.68. The molecule has 0 radical (unpaired) electrons. The molecule has 1 aromatic rings. The van der Waals surface area contributed by atoms with E-state index in [1.807, 2.05) is 30.3 Å². The van der Waals surface area contributed by atoms with E-state index in [1.165, 1.54) is 0 Å². The molecule has 0 fully saturated rings. The van der Waals surface area contributed by atoms with Crippen molar-refractivity contribution in [1.29, 1.82) is 0 Å². The van der Waals surface area contributed by atoms with Crippen molar-refractivity contribution in [3.05, 3.63) is 35.9 Å². The van der Waals surface area contributed by atoms with E-state index >= 15 is 0 Å². The molecule has 0 heterocycles. The van der Waals surface area contributed by atoms with E-state index < -0.39 is 12.3 Å². The molecule has 1 amide bonds. The van der Waals surface area contributed by atoms with E-state index in [0.717, 1.165) is 5.56 Å². The Morgan fingerprint density at radius 1 is 1.47 bits per heavy atom. The highest BCUT2D eigenvalue weighted by Crippen LogP contribution is 2.05. The number of carbonyl (C=O) groups is 1. The molecule has 3 N–H and O–H groups in total. The van der Waals surface area contributed by atoms with Crippen molar-refractivity contribution >= 4 is 6.09 Å². The zero-order valence-corrected chi connectivity index (χ0v) is 8.36. The van der Waals surface area contributed by atoms with Crippen molar-refractivity contribution < 1.29 is 9.53 Å². The summed E-state index contributed by atoms with van der Waals surface area (Å²) in [7, 11) is 0. The van der Waals surface area contributed by atoms with E-state index in [-0.39, 0.29) is 0 Å². The minimum Gasteiger partial charge on any atom is -0.356 e. The van der Waals surface area contributed by atoms with Gasteiger partial charge in [0.1, 0.15) is 12.3 Å². The summed E-state index contributed by atoms with van der Waals surface area (Å²) in [5.41, 5.74) is 6.51. The molecule has 0 saturated heterocycles. The number of benzene rings is 1. The third-order valence-corrected chi connectivity index (χ3v) is 1.68. The fourth-order valence-corrected chi connectivity index (χ4v) is 0.998. The van der Waals surface area contributed by atoms with Gasteiger partial charge >= 0.3 is 6.09 Å². The monoisotopic (exact) mass is 204 g/mol. The van der Waals surface area contributed by atoms with Crippen molar-refractivity contribution in [1.82, 2.24) is 5.32 Å². The molecule has 0 saturated carbocycles. The van der Waals surface area contributed by atoms with E-state index in [0.29, 0.717) is 0 Å². The average molecular weight is 204 g/mol. The van der Waals surface area contributed by atoms with Crippen LogP contribution in [0.3, 0.4) is 0 Å². The van der Waals surface area contributed by atoms with Crippen LogP contribution in [0.2, 0.25) is 0 Å². The molecule has 0 bridgehead atoms. The number of rotatable bonds is 2. The number of alkyl carbamates (subject to hydrolysis) is 1. The summed E-state index contributed by atoms with van der Waals surface area (Å²) in [6.07, 6.45) is 0.949. The lowest BCUT2D eigenvalue weighted by Crippen LogP contribution is -2.33. The SMILES string of the molecule is CC#COC(=O)NC(N)c1ccccc1. The first-order valence-corrected chi connectivity index (χ1v) is 4.43. The van der Waals surface area contributed by atoms with Gasteiger partial charge in [-0.3, -0.25) is 0 Å². The molecule has 0 aliphatic carbocycles. The Kier molecular flexibility index (Phi) is 4.20. The maximum Gasteiger partial charge on any atom is 0.422 e. The molecule has 78 valence electrons. The van der Waals surface area contributed by atoms with Gasteiger partial charge in [-0.25, -0.2) is 4.79 Å². The van der Waals surface area contributed by atoms with Gasteiger partial charge in [0.2, 0.25) is 0 Å². The number of ether oxygens (including phenoxy) is 1. The van der Waals surface area contributed by atoms with E-state index in [2.05, 4.69) is 22.1 Å². The highest BCUT2D eigenvalue weighted by molar-refractivity contribution is 5.68. The number of hydrogen-bond acceptors (Lipinski definition) is 3. The van der Waals surface area contributed by atoms with Crippen LogP contribution in [0.5, 0.6) is 0 Å². The van der Waals surface area contributed by atoms with Gasteiger partial charge in [-0.05, 0) is 5.56 Å². The standard InChI is InChI=1S/C11H12N2O2/c1-2-8-15-11(14)13-10(12)9-6-4-3-5-7-9/h3-7,10H,12H2,1H3,(H,13,14). The van der Waals surface area contributed by atoms with Crippen LogP contribution < -0.4 is 11.1 Å². The second-order valence-electron chi connectivity index (χ2n) is 2.77. The van der Waals surface area contributed by atoms with Crippen LogP contribution in [-0.4, -0.2) is 6.09 Å². The molecule has 0 aromatic heterocycles. The fourth-order valence-electron chi connectivity index (χ4n) is 0.998. The van der Waals surface area contributed by atoms with Gasteiger partial charge in [0.25, 0.3) is 0 Å². The first-order chi connectivity index (χ1) is 7.24. The second kappa shape index (κ2) is 5.68. The number of amides is 1. The predicted molar refractivity (Wildman–Crippen MR) is 56.4 cm³/mol. The lowest BCUT2D eigenvalue weighted by atomic mass is 10.2. The average Bonchev–Trinajstić information content (AvgIpc) is 2.27. The summed E-state index contributed by atoms with van der Waals surface area (Å²) >= 11 is 0. The number of hydrogen-bond donors (Lipinski definition) is 2. The first-order valence-electron chi connectivity index (χ1n) is 4.43. The molecule has 4 nitrogen and oxygen atoms in total. The zero-order chi connectivity index (χ0) is 11.1. The molecule has 1 atom stereocenters. The Balaban J connectivity index is 2.51. The molecule has 0 aliphatic rings. The maximum absolute atomic E-state index is 11.1. The van der Waals surface area contributed by atoms with Crippen LogP contribution in [-0.2, 0) is 4.74 Å². The molecule has 0 spiro atoms. The highest BCUT2D eigenvalue weighted by Gasteiger charge is 2.09. The first kappa shape index (κ1) is 11.1. The summed E-state index contributed by atoms with van der Waals surface area (Å²) in [5.74, 6) is 2.44. The van der Waals surface area contributed by atoms with Gasteiger partial charge < -0.3 is 15.8 Å². The Morgan fingerprint density at radius 3 is 2.73 bits per heavy atom. The van der Waals surface area contributed by atoms with Gasteiger partial charge in [0, 0.05) is 6.92 Å². The molecular weight excluding hydrogens is 192 g/mol. The van der Waals surface area contributed by atoms with Gasteiger partial charge in [-0.2, -0.15) is 0 Å². The molecule has 0 aliphatic heterocycles. The Labute approximate surface area is 88.4 Å². The third kappa shape index (κ3) is 3.71. The van der Waals surface area contributed by atoms with Gasteiger partial charge in [-0.1, -0.05) is 36.3 Å². The van der Waals surface area contributed by atoms with Gasteiger partial charge in [0.15, 0.2) is 0 Å². The normalized spacial score (nSPS) is 10.8. The molecule has 1 rings (SSSR count). The van der Waals surface area contributed by atoms with Crippen molar-refractivity contribution in [2.24, 2.45) is 5.73 Å². The van der Waals surface area contributed by atoms with Crippen LogP contribution in [0.25, 0.3) is 0 Å². The second-order valence-corrected chi connectivity index (χ2v) is 2.77. The van der Waals surface area contributed by atoms with Crippen LogP contribution >= 0.6 is 0 Å². The van der Waals surface area contributed by atoms with Gasteiger partial charge in [-0.15, -0.1) is 0 Å².